The lowest BCUT2D eigenvalue weighted by atomic mass is 9.75. The van der Waals surface area contributed by atoms with E-state index in [1.165, 1.54) is 45.3 Å². The molecule has 0 fully saturated rings. The zero-order valence-electron chi connectivity index (χ0n) is 27.6. The SMILES string of the molecule is COc1ccc(C(NC2=NC(C)(c3cc(-c4cncc(Cl)c4)ccc3F)C(F)(F)C(C)(C)O2)(c2ccccc2)c2ccc(OC)cc2)cc1. The van der Waals surface area contributed by atoms with Crippen molar-refractivity contribution in [3.05, 3.63) is 149 Å². The van der Waals surface area contributed by atoms with Crippen LogP contribution in [0.4, 0.5) is 13.2 Å². The van der Waals surface area contributed by atoms with Crippen LogP contribution >= 0.6 is 11.6 Å². The average Bonchev–Trinajstić information content (AvgIpc) is 3.10. The van der Waals surface area contributed by atoms with E-state index >= 15 is 13.2 Å². The van der Waals surface area contributed by atoms with E-state index in [-0.39, 0.29) is 11.6 Å². The van der Waals surface area contributed by atoms with Crippen LogP contribution in [0.15, 0.2) is 121 Å². The summed E-state index contributed by atoms with van der Waals surface area (Å²) >= 11 is 6.17. The number of methoxy groups -OCH3 is 2. The molecular weight excluding hydrogens is 651 g/mol. The largest absolute Gasteiger partial charge is 0.497 e. The fourth-order valence-electron chi connectivity index (χ4n) is 6.37. The van der Waals surface area contributed by atoms with Gasteiger partial charge < -0.3 is 19.5 Å². The fraction of sp³-hybridized carbons (Fsp3) is 0.231. The van der Waals surface area contributed by atoms with Crippen molar-refractivity contribution in [2.24, 2.45) is 4.99 Å². The number of hydrogen-bond donors (Lipinski definition) is 1. The molecule has 1 aliphatic rings. The predicted octanol–water partition coefficient (Wildman–Crippen LogP) is 9.16. The average molecular weight is 686 g/mol. The van der Waals surface area contributed by atoms with Crippen LogP contribution in [0.1, 0.15) is 43.0 Å². The van der Waals surface area contributed by atoms with Gasteiger partial charge in [0.05, 0.1) is 19.2 Å². The number of benzene rings is 4. The molecule has 0 aliphatic carbocycles. The quantitative estimate of drug-likeness (QED) is 0.165. The summed E-state index contributed by atoms with van der Waals surface area (Å²) in [6, 6.07) is 29.7. The molecule has 5 aromatic rings. The van der Waals surface area contributed by atoms with Crippen LogP contribution in [0.2, 0.25) is 5.02 Å². The van der Waals surface area contributed by atoms with Gasteiger partial charge in [-0.1, -0.05) is 72.3 Å². The van der Waals surface area contributed by atoms with Gasteiger partial charge >= 0.3 is 5.92 Å². The van der Waals surface area contributed by atoms with Gasteiger partial charge in [0.1, 0.15) is 22.9 Å². The van der Waals surface area contributed by atoms with Crippen LogP contribution in [0.3, 0.4) is 0 Å². The summed E-state index contributed by atoms with van der Waals surface area (Å²) in [5, 5.41) is 3.80. The molecule has 1 N–H and O–H groups in total. The van der Waals surface area contributed by atoms with E-state index in [9.17, 15) is 0 Å². The minimum Gasteiger partial charge on any atom is -0.497 e. The van der Waals surface area contributed by atoms with Crippen LogP contribution < -0.4 is 14.8 Å². The number of aromatic nitrogens is 1. The Balaban J connectivity index is 1.60. The standard InChI is InChI=1S/C39H35ClF3N3O3/c1-36(2)39(42,43)37(3,33-22-25(11-20-34(33)41)26-21-30(40)24-44-23-26)45-35(49-36)46-38(27-9-7-6-8-10-27,28-12-16-31(47-4)17-13-28)29-14-18-32(48-5)19-15-29/h6-24H,1-5H3,(H,45,46). The number of nitrogens with one attached hydrogen (secondary N) is 1. The molecule has 0 radical (unpaired) electrons. The first-order valence-corrected chi connectivity index (χ1v) is 15.9. The monoisotopic (exact) mass is 685 g/mol. The second-order valence-corrected chi connectivity index (χ2v) is 12.9. The van der Waals surface area contributed by atoms with Gasteiger partial charge in [0.25, 0.3) is 6.02 Å². The second kappa shape index (κ2) is 12.8. The van der Waals surface area contributed by atoms with Crippen LogP contribution in [0, 0.1) is 5.82 Å². The predicted molar refractivity (Wildman–Crippen MR) is 185 cm³/mol. The van der Waals surface area contributed by atoms with Gasteiger partial charge in [-0.3, -0.25) is 4.98 Å². The van der Waals surface area contributed by atoms with Crippen molar-refractivity contribution in [2.45, 2.75) is 43.4 Å². The molecule has 0 bridgehead atoms. The molecule has 6 rings (SSSR count). The van der Waals surface area contributed by atoms with Gasteiger partial charge in [-0.05, 0) is 85.5 Å². The summed E-state index contributed by atoms with van der Waals surface area (Å²) < 4.78 is 66.3. The Morgan fingerprint density at radius 1 is 0.735 bits per heavy atom. The molecule has 0 spiro atoms. The summed E-state index contributed by atoms with van der Waals surface area (Å²) in [4.78, 5) is 8.68. The molecule has 1 unspecified atom stereocenters. The number of rotatable bonds is 8. The number of halogens is 4. The molecular formula is C39H35ClF3N3O3. The number of hydrogen-bond acceptors (Lipinski definition) is 6. The third-order valence-corrected chi connectivity index (χ3v) is 9.33. The Kier molecular flexibility index (Phi) is 8.83. The molecule has 0 saturated heterocycles. The Morgan fingerprint density at radius 3 is 1.86 bits per heavy atom. The topological polar surface area (TPSA) is 65.0 Å². The van der Waals surface area contributed by atoms with Crippen molar-refractivity contribution in [1.29, 1.82) is 0 Å². The Morgan fingerprint density at radius 2 is 1.31 bits per heavy atom. The molecule has 49 heavy (non-hydrogen) atoms. The Hall–Kier alpha value is -5.02. The lowest BCUT2D eigenvalue weighted by Crippen LogP contribution is -2.64. The van der Waals surface area contributed by atoms with Crippen molar-refractivity contribution < 1.29 is 27.4 Å². The molecule has 10 heteroatoms. The van der Waals surface area contributed by atoms with Crippen molar-refractivity contribution in [2.75, 3.05) is 14.2 Å². The van der Waals surface area contributed by atoms with Crippen LogP contribution in [0.5, 0.6) is 11.5 Å². The summed E-state index contributed by atoms with van der Waals surface area (Å²) in [7, 11) is 3.15. The van der Waals surface area contributed by atoms with E-state index in [4.69, 9.17) is 25.8 Å². The number of nitrogens with zero attached hydrogens (tertiary/aromatic N) is 2. The van der Waals surface area contributed by atoms with Crippen molar-refractivity contribution in [3.63, 3.8) is 0 Å². The minimum absolute atomic E-state index is 0.205. The Labute approximate surface area is 288 Å². The van der Waals surface area contributed by atoms with E-state index in [0.29, 0.717) is 27.6 Å². The molecule has 4 aromatic carbocycles. The van der Waals surface area contributed by atoms with Gasteiger partial charge in [-0.15, -0.1) is 0 Å². The highest BCUT2D eigenvalue weighted by molar-refractivity contribution is 6.30. The first-order chi connectivity index (χ1) is 23.3. The summed E-state index contributed by atoms with van der Waals surface area (Å²) in [5.41, 5.74) is -2.91. The number of alkyl halides is 2. The summed E-state index contributed by atoms with van der Waals surface area (Å²) in [6.07, 6.45) is 2.99. The molecule has 252 valence electrons. The second-order valence-electron chi connectivity index (χ2n) is 12.5. The van der Waals surface area contributed by atoms with Crippen molar-refractivity contribution in [1.82, 2.24) is 10.3 Å². The minimum atomic E-state index is -3.69. The number of ether oxygens (including phenoxy) is 3. The smallest absolute Gasteiger partial charge is 0.315 e. The van der Waals surface area contributed by atoms with E-state index in [1.807, 2.05) is 78.9 Å². The zero-order valence-corrected chi connectivity index (χ0v) is 28.4. The molecule has 1 atom stereocenters. The van der Waals surface area contributed by atoms with Gasteiger partial charge in [0.2, 0.25) is 0 Å². The maximum atomic E-state index is 16.7. The van der Waals surface area contributed by atoms with Gasteiger partial charge in [0, 0.05) is 23.5 Å². The summed E-state index contributed by atoms with van der Waals surface area (Å²) in [6.45, 7) is 3.77. The van der Waals surface area contributed by atoms with E-state index in [0.717, 1.165) is 22.8 Å². The third kappa shape index (κ3) is 5.86. The fourth-order valence-corrected chi connectivity index (χ4v) is 6.54. The number of pyridine rings is 1. The van der Waals surface area contributed by atoms with Crippen molar-refractivity contribution in [3.8, 4) is 22.6 Å². The van der Waals surface area contributed by atoms with Crippen LogP contribution in [0.25, 0.3) is 11.1 Å². The van der Waals surface area contributed by atoms with E-state index in [2.05, 4.69) is 15.3 Å². The first-order valence-electron chi connectivity index (χ1n) is 15.5. The Bertz CT molecular complexity index is 1940. The maximum absolute atomic E-state index is 16.7. The normalized spacial score (nSPS) is 18.2. The molecule has 1 aliphatic heterocycles. The molecule has 0 saturated carbocycles. The van der Waals surface area contributed by atoms with E-state index in [1.54, 1.807) is 20.3 Å². The van der Waals surface area contributed by atoms with Gasteiger partial charge in [-0.2, -0.15) is 8.78 Å². The maximum Gasteiger partial charge on any atom is 0.315 e. The molecule has 1 aromatic heterocycles. The molecule has 0 amide bonds. The van der Waals surface area contributed by atoms with E-state index < -0.39 is 28.4 Å². The van der Waals surface area contributed by atoms with Crippen LogP contribution in [-0.2, 0) is 15.8 Å². The first kappa shape index (κ1) is 33.9. The van der Waals surface area contributed by atoms with Gasteiger partial charge in [-0.25, -0.2) is 9.38 Å². The zero-order chi connectivity index (χ0) is 35.0. The highest BCUT2D eigenvalue weighted by Crippen LogP contribution is 2.53. The number of amidine groups is 1. The lowest BCUT2D eigenvalue weighted by molar-refractivity contribution is -0.209. The molecule has 2 heterocycles. The summed E-state index contributed by atoms with van der Waals surface area (Å²) in [5.74, 6) is -3.27. The lowest BCUT2D eigenvalue weighted by Gasteiger charge is -2.49. The third-order valence-electron chi connectivity index (χ3n) is 9.12. The highest BCUT2D eigenvalue weighted by atomic mass is 35.5. The van der Waals surface area contributed by atoms with Crippen LogP contribution in [-0.4, -0.2) is 36.7 Å². The van der Waals surface area contributed by atoms with Crippen molar-refractivity contribution >= 4 is 17.6 Å². The molecule has 6 nitrogen and oxygen atoms in total. The number of aliphatic imine (C=N–C) groups is 1. The highest BCUT2D eigenvalue weighted by Gasteiger charge is 2.66. The van der Waals surface area contributed by atoms with Gasteiger partial charge in [0.15, 0.2) is 11.1 Å².